The number of anilines is 1. The molecule has 2 heteroatoms. The first-order valence-corrected chi connectivity index (χ1v) is 5.99. The van der Waals surface area contributed by atoms with Gasteiger partial charge in [-0.25, -0.2) is 0 Å². The van der Waals surface area contributed by atoms with Crippen LogP contribution in [-0.4, -0.2) is 6.54 Å². The van der Waals surface area contributed by atoms with Gasteiger partial charge in [-0.1, -0.05) is 36.2 Å². The molecule has 1 nitrogen and oxygen atoms in total. The maximum atomic E-state index is 3.54. The fraction of sp³-hybridized carbons (Fsp3) is 0.500. The fourth-order valence-corrected chi connectivity index (χ4v) is 2.69. The molecule has 1 unspecified atom stereocenters. The Bertz CT molecular complexity index is 344. The Morgan fingerprint density at radius 3 is 3.00 bits per heavy atom. The summed E-state index contributed by atoms with van der Waals surface area (Å²) in [6.07, 6.45) is 2.49. The van der Waals surface area contributed by atoms with Crippen LogP contribution in [0.5, 0.6) is 0 Å². The van der Waals surface area contributed by atoms with Gasteiger partial charge in [-0.2, -0.15) is 0 Å². The van der Waals surface area contributed by atoms with Gasteiger partial charge in [-0.05, 0) is 30.2 Å². The molecule has 1 atom stereocenters. The first-order valence-electron chi connectivity index (χ1n) is 5.19. The normalized spacial score (nSPS) is 24.5. The first-order chi connectivity index (χ1) is 6.65. The van der Waals surface area contributed by atoms with Crippen molar-refractivity contribution in [2.24, 2.45) is 0 Å². The first kappa shape index (κ1) is 10.0. The van der Waals surface area contributed by atoms with E-state index < -0.39 is 0 Å². The highest BCUT2D eigenvalue weighted by molar-refractivity contribution is 9.10. The summed E-state index contributed by atoms with van der Waals surface area (Å²) in [5, 5.41) is 3.48. The molecule has 0 radical (unpaired) electrons. The van der Waals surface area contributed by atoms with E-state index in [1.165, 1.54) is 28.6 Å². The lowest BCUT2D eigenvalue weighted by atomic mass is 9.81. The maximum Gasteiger partial charge on any atom is 0.0380 e. The van der Waals surface area contributed by atoms with Crippen LogP contribution in [0.3, 0.4) is 0 Å². The number of nitrogens with one attached hydrogen (secondary N) is 1. The molecule has 14 heavy (non-hydrogen) atoms. The minimum absolute atomic E-state index is 0.327. The minimum Gasteiger partial charge on any atom is -0.384 e. The van der Waals surface area contributed by atoms with Gasteiger partial charge in [-0.15, -0.1) is 0 Å². The Balaban J connectivity index is 2.41. The number of benzene rings is 1. The van der Waals surface area contributed by atoms with E-state index in [0.29, 0.717) is 5.41 Å². The molecule has 0 fully saturated rings. The highest BCUT2D eigenvalue weighted by Gasteiger charge is 2.33. The topological polar surface area (TPSA) is 12.0 Å². The molecular weight excluding hydrogens is 238 g/mol. The van der Waals surface area contributed by atoms with Gasteiger partial charge in [0.1, 0.15) is 0 Å². The highest BCUT2D eigenvalue weighted by atomic mass is 79.9. The minimum atomic E-state index is 0.327. The zero-order chi connectivity index (χ0) is 10.2. The van der Waals surface area contributed by atoms with Crippen LogP contribution in [0, 0.1) is 0 Å². The van der Waals surface area contributed by atoms with Crippen LogP contribution in [-0.2, 0) is 5.41 Å². The Labute approximate surface area is 94.0 Å². The van der Waals surface area contributed by atoms with Crippen molar-refractivity contribution in [2.75, 3.05) is 11.9 Å². The van der Waals surface area contributed by atoms with Gasteiger partial charge in [0.25, 0.3) is 0 Å². The van der Waals surface area contributed by atoms with Gasteiger partial charge >= 0.3 is 0 Å². The van der Waals surface area contributed by atoms with Crippen molar-refractivity contribution in [3.63, 3.8) is 0 Å². The molecule has 0 amide bonds. The average molecular weight is 254 g/mol. The fourth-order valence-electron chi connectivity index (χ4n) is 2.33. The van der Waals surface area contributed by atoms with Crippen molar-refractivity contribution < 1.29 is 0 Å². The molecule has 1 aliphatic rings. The molecule has 1 aliphatic heterocycles. The summed E-state index contributed by atoms with van der Waals surface area (Å²) < 4.78 is 1.18. The maximum absolute atomic E-state index is 3.54. The van der Waals surface area contributed by atoms with E-state index in [-0.39, 0.29) is 0 Å². The summed E-state index contributed by atoms with van der Waals surface area (Å²) in [6, 6.07) is 6.52. The van der Waals surface area contributed by atoms with E-state index in [2.05, 4.69) is 53.3 Å². The Morgan fingerprint density at radius 1 is 1.50 bits per heavy atom. The van der Waals surface area contributed by atoms with E-state index in [1.54, 1.807) is 0 Å². The molecule has 2 rings (SSSR count). The third-order valence-electron chi connectivity index (χ3n) is 3.10. The molecule has 1 aromatic rings. The smallest absolute Gasteiger partial charge is 0.0380 e. The molecule has 0 bridgehead atoms. The average Bonchev–Trinajstić information content (AvgIpc) is 2.45. The van der Waals surface area contributed by atoms with Crippen molar-refractivity contribution in [1.29, 1.82) is 0 Å². The third-order valence-corrected chi connectivity index (χ3v) is 3.60. The largest absolute Gasteiger partial charge is 0.384 e. The summed E-state index contributed by atoms with van der Waals surface area (Å²) in [5.41, 5.74) is 3.10. The lowest BCUT2D eigenvalue weighted by Crippen LogP contribution is -2.23. The van der Waals surface area contributed by atoms with E-state index >= 15 is 0 Å². The van der Waals surface area contributed by atoms with Crippen LogP contribution < -0.4 is 5.32 Å². The van der Waals surface area contributed by atoms with E-state index in [0.717, 1.165) is 6.54 Å². The van der Waals surface area contributed by atoms with Crippen LogP contribution in [0.1, 0.15) is 32.3 Å². The van der Waals surface area contributed by atoms with E-state index in [4.69, 9.17) is 0 Å². The number of hydrogen-bond donors (Lipinski definition) is 1. The van der Waals surface area contributed by atoms with Crippen LogP contribution >= 0.6 is 15.9 Å². The van der Waals surface area contributed by atoms with Gasteiger partial charge in [0.05, 0.1) is 0 Å². The van der Waals surface area contributed by atoms with Crippen LogP contribution in [0.4, 0.5) is 5.69 Å². The van der Waals surface area contributed by atoms with Gasteiger partial charge in [0.2, 0.25) is 0 Å². The van der Waals surface area contributed by atoms with Gasteiger partial charge in [-0.3, -0.25) is 0 Å². The summed E-state index contributed by atoms with van der Waals surface area (Å²) in [4.78, 5) is 0. The molecule has 0 saturated carbocycles. The number of hydrogen-bond acceptors (Lipinski definition) is 1. The molecule has 0 aliphatic carbocycles. The lowest BCUT2D eigenvalue weighted by molar-refractivity contribution is 0.471. The second-order valence-electron chi connectivity index (χ2n) is 4.35. The number of rotatable bonds is 2. The van der Waals surface area contributed by atoms with Gasteiger partial charge in [0, 0.05) is 22.1 Å². The highest BCUT2D eigenvalue weighted by Crippen LogP contribution is 2.40. The lowest BCUT2D eigenvalue weighted by Gasteiger charge is -2.23. The predicted octanol–water partition coefficient (Wildman–Crippen LogP) is 3.93. The summed E-state index contributed by atoms with van der Waals surface area (Å²) in [7, 11) is 0. The Morgan fingerprint density at radius 2 is 2.29 bits per heavy atom. The number of halogens is 1. The van der Waals surface area contributed by atoms with Gasteiger partial charge in [0.15, 0.2) is 0 Å². The molecule has 0 spiro atoms. The molecule has 76 valence electrons. The molecular formula is C12H16BrN. The standard InChI is InChI=1S/C12H16BrN/c1-3-6-12(2)8-14-11-5-4-9(13)7-10(11)12/h4-5,7,14H,3,6,8H2,1-2H3. The quantitative estimate of drug-likeness (QED) is 0.843. The Kier molecular flexibility index (Phi) is 2.56. The van der Waals surface area contributed by atoms with Crippen molar-refractivity contribution in [3.8, 4) is 0 Å². The molecule has 0 aromatic heterocycles. The van der Waals surface area contributed by atoms with Crippen molar-refractivity contribution >= 4 is 21.6 Å². The third kappa shape index (κ3) is 1.56. The van der Waals surface area contributed by atoms with Crippen molar-refractivity contribution in [1.82, 2.24) is 0 Å². The monoisotopic (exact) mass is 253 g/mol. The number of fused-ring (bicyclic) bond motifs is 1. The molecule has 0 saturated heterocycles. The van der Waals surface area contributed by atoms with Crippen molar-refractivity contribution in [3.05, 3.63) is 28.2 Å². The zero-order valence-corrected chi connectivity index (χ0v) is 10.3. The molecule has 1 aromatic carbocycles. The van der Waals surface area contributed by atoms with Crippen molar-refractivity contribution in [2.45, 2.75) is 32.1 Å². The second-order valence-corrected chi connectivity index (χ2v) is 5.27. The predicted molar refractivity (Wildman–Crippen MR) is 64.9 cm³/mol. The SMILES string of the molecule is CCCC1(C)CNc2ccc(Br)cc21. The Hall–Kier alpha value is -0.500. The summed E-state index contributed by atoms with van der Waals surface area (Å²) in [5.74, 6) is 0. The second kappa shape index (κ2) is 3.58. The molecule has 1 heterocycles. The van der Waals surface area contributed by atoms with Gasteiger partial charge < -0.3 is 5.32 Å². The van der Waals surface area contributed by atoms with Crippen LogP contribution in [0.2, 0.25) is 0 Å². The van der Waals surface area contributed by atoms with Crippen LogP contribution in [0.25, 0.3) is 0 Å². The zero-order valence-electron chi connectivity index (χ0n) is 8.73. The summed E-state index contributed by atoms with van der Waals surface area (Å²) in [6.45, 7) is 5.68. The van der Waals surface area contributed by atoms with E-state index in [1.807, 2.05) is 0 Å². The van der Waals surface area contributed by atoms with Crippen LogP contribution in [0.15, 0.2) is 22.7 Å². The summed E-state index contributed by atoms with van der Waals surface area (Å²) >= 11 is 3.54. The molecule has 1 N–H and O–H groups in total. The van der Waals surface area contributed by atoms with E-state index in [9.17, 15) is 0 Å².